The molecular weight excluding hydrogens is 200 g/mol. The highest BCUT2D eigenvalue weighted by atomic mass is 15.1. The molecule has 0 saturated carbocycles. The third-order valence-electron chi connectivity index (χ3n) is 3.49. The second kappa shape index (κ2) is 4.55. The van der Waals surface area contributed by atoms with Crippen molar-refractivity contribution in [2.45, 2.75) is 25.3 Å². The zero-order valence-corrected chi connectivity index (χ0v) is 10.5. The van der Waals surface area contributed by atoms with Gasteiger partial charge in [-0.2, -0.15) is 0 Å². The zero-order valence-electron chi connectivity index (χ0n) is 10.5. The predicted octanol–water partition coefficient (Wildman–Crippen LogP) is 0.696. The van der Waals surface area contributed by atoms with Gasteiger partial charge in [0.25, 0.3) is 0 Å². The number of aromatic nitrogens is 2. The predicted molar refractivity (Wildman–Crippen MR) is 65.6 cm³/mol. The molecule has 1 fully saturated rings. The Morgan fingerprint density at radius 2 is 2.38 bits per heavy atom. The van der Waals surface area contributed by atoms with E-state index < -0.39 is 0 Å². The van der Waals surface area contributed by atoms with Crippen molar-refractivity contribution < 1.29 is 0 Å². The fourth-order valence-electron chi connectivity index (χ4n) is 2.34. The first kappa shape index (κ1) is 11.6. The maximum absolute atomic E-state index is 4.31. The molecule has 1 aliphatic rings. The van der Waals surface area contributed by atoms with E-state index in [2.05, 4.69) is 40.8 Å². The van der Waals surface area contributed by atoms with Crippen molar-refractivity contribution >= 4 is 0 Å². The van der Waals surface area contributed by atoms with Gasteiger partial charge < -0.3 is 14.8 Å². The van der Waals surface area contributed by atoms with Crippen molar-refractivity contribution in [1.29, 1.82) is 0 Å². The lowest BCUT2D eigenvalue weighted by atomic mass is 9.86. The summed E-state index contributed by atoms with van der Waals surface area (Å²) in [5.41, 5.74) is 1.64. The van der Waals surface area contributed by atoms with Crippen LogP contribution in [0.5, 0.6) is 0 Å². The molecule has 1 saturated heterocycles. The van der Waals surface area contributed by atoms with Crippen LogP contribution in [0.3, 0.4) is 0 Å². The van der Waals surface area contributed by atoms with Crippen molar-refractivity contribution in [3.63, 3.8) is 0 Å². The van der Waals surface area contributed by atoms with Crippen molar-refractivity contribution in [1.82, 2.24) is 19.8 Å². The lowest BCUT2D eigenvalue weighted by Gasteiger charge is -2.24. The number of nitrogens with zero attached hydrogens (tertiary/aromatic N) is 3. The first-order chi connectivity index (χ1) is 7.62. The van der Waals surface area contributed by atoms with Gasteiger partial charge in [-0.05, 0) is 27.1 Å². The minimum atomic E-state index is 0.267. The van der Waals surface area contributed by atoms with Crippen molar-refractivity contribution in [3.05, 3.63) is 18.2 Å². The molecule has 1 atom stereocenters. The molecule has 16 heavy (non-hydrogen) atoms. The Bertz CT molecular complexity index is 337. The van der Waals surface area contributed by atoms with Crippen LogP contribution in [-0.4, -0.2) is 48.2 Å². The Hall–Kier alpha value is -0.870. The standard InChI is InChI=1S/C12H22N4/c1-12(4-5-13-9-12)11-8-14-10-16(11)7-6-15(2)3/h8,10,13H,4-7,9H2,1-3H3. The number of nitrogens with one attached hydrogen (secondary N) is 1. The monoisotopic (exact) mass is 222 g/mol. The Labute approximate surface area is 97.7 Å². The van der Waals surface area contributed by atoms with Crippen molar-refractivity contribution in [3.8, 4) is 0 Å². The highest BCUT2D eigenvalue weighted by molar-refractivity contribution is 5.17. The normalized spacial score (nSPS) is 25.5. The summed E-state index contributed by atoms with van der Waals surface area (Å²) in [5, 5.41) is 3.44. The molecular formula is C12H22N4. The number of imidazole rings is 1. The Morgan fingerprint density at radius 3 is 3.00 bits per heavy atom. The van der Waals surface area contributed by atoms with Gasteiger partial charge >= 0.3 is 0 Å². The quantitative estimate of drug-likeness (QED) is 0.814. The molecule has 1 aromatic heterocycles. The van der Waals surface area contributed by atoms with Crippen LogP contribution in [0.1, 0.15) is 19.0 Å². The lowest BCUT2D eigenvalue weighted by Crippen LogP contribution is -2.29. The lowest BCUT2D eigenvalue weighted by molar-refractivity contribution is 0.370. The maximum atomic E-state index is 4.31. The third kappa shape index (κ3) is 2.28. The van der Waals surface area contributed by atoms with Crippen LogP contribution in [0, 0.1) is 0 Å². The van der Waals surface area contributed by atoms with E-state index in [9.17, 15) is 0 Å². The Kier molecular flexibility index (Phi) is 3.30. The number of rotatable bonds is 4. The van der Waals surface area contributed by atoms with Gasteiger partial charge in [0, 0.05) is 36.9 Å². The Balaban J connectivity index is 2.12. The summed E-state index contributed by atoms with van der Waals surface area (Å²) in [6.45, 7) is 6.61. The van der Waals surface area contributed by atoms with Gasteiger partial charge in [-0.3, -0.25) is 0 Å². The SMILES string of the molecule is CN(C)CCn1cncc1C1(C)CCNC1. The van der Waals surface area contributed by atoms with Crippen LogP contribution in [-0.2, 0) is 12.0 Å². The van der Waals surface area contributed by atoms with Crippen LogP contribution >= 0.6 is 0 Å². The smallest absolute Gasteiger partial charge is 0.0948 e. The van der Waals surface area contributed by atoms with Gasteiger partial charge in [0.1, 0.15) is 0 Å². The molecule has 2 rings (SSSR count). The molecule has 90 valence electrons. The minimum absolute atomic E-state index is 0.267. The van der Waals surface area contributed by atoms with Crippen LogP contribution in [0.4, 0.5) is 0 Å². The first-order valence-electron chi connectivity index (χ1n) is 5.98. The van der Waals surface area contributed by atoms with E-state index in [1.54, 1.807) is 0 Å². The summed E-state index contributed by atoms with van der Waals surface area (Å²) in [7, 11) is 4.21. The number of hydrogen-bond donors (Lipinski definition) is 1. The van der Waals surface area contributed by atoms with E-state index in [0.717, 1.165) is 26.2 Å². The largest absolute Gasteiger partial charge is 0.333 e. The first-order valence-corrected chi connectivity index (χ1v) is 5.98. The highest BCUT2D eigenvalue weighted by Gasteiger charge is 2.33. The molecule has 1 N–H and O–H groups in total. The van der Waals surface area contributed by atoms with Gasteiger partial charge in [0.2, 0.25) is 0 Å². The molecule has 0 aromatic carbocycles. The van der Waals surface area contributed by atoms with Crippen LogP contribution in [0.2, 0.25) is 0 Å². The van der Waals surface area contributed by atoms with Gasteiger partial charge in [-0.1, -0.05) is 6.92 Å². The summed E-state index contributed by atoms with van der Waals surface area (Å²) in [6, 6.07) is 0. The van der Waals surface area contributed by atoms with Crippen LogP contribution in [0.15, 0.2) is 12.5 Å². The highest BCUT2D eigenvalue weighted by Crippen LogP contribution is 2.29. The number of likely N-dealkylation sites (N-methyl/N-ethyl adjacent to an activating group) is 1. The Morgan fingerprint density at radius 1 is 1.56 bits per heavy atom. The summed E-state index contributed by atoms with van der Waals surface area (Å²) in [5.74, 6) is 0. The van der Waals surface area contributed by atoms with Crippen molar-refractivity contribution in [2.75, 3.05) is 33.7 Å². The fraction of sp³-hybridized carbons (Fsp3) is 0.750. The van der Waals surface area contributed by atoms with Crippen LogP contribution in [0.25, 0.3) is 0 Å². The van der Waals surface area contributed by atoms with E-state index in [0.29, 0.717) is 0 Å². The summed E-state index contributed by atoms with van der Waals surface area (Å²) in [6.07, 6.45) is 5.20. The molecule has 1 aliphatic heterocycles. The van der Waals surface area contributed by atoms with Gasteiger partial charge in [0.15, 0.2) is 0 Å². The van der Waals surface area contributed by atoms with E-state index >= 15 is 0 Å². The summed E-state index contributed by atoms with van der Waals surface area (Å²) in [4.78, 5) is 6.51. The van der Waals surface area contributed by atoms with E-state index in [1.807, 2.05) is 12.5 Å². The van der Waals surface area contributed by atoms with Crippen LogP contribution < -0.4 is 5.32 Å². The second-order valence-electron chi connectivity index (χ2n) is 5.26. The molecule has 4 heteroatoms. The third-order valence-corrected chi connectivity index (χ3v) is 3.49. The maximum Gasteiger partial charge on any atom is 0.0948 e. The number of hydrogen-bond acceptors (Lipinski definition) is 3. The molecule has 0 amide bonds. The van der Waals surface area contributed by atoms with Gasteiger partial charge in [-0.25, -0.2) is 4.98 Å². The molecule has 0 bridgehead atoms. The minimum Gasteiger partial charge on any atom is -0.333 e. The molecule has 0 radical (unpaired) electrons. The average molecular weight is 222 g/mol. The molecule has 1 unspecified atom stereocenters. The van der Waals surface area contributed by atoms with E-state index in [4.69, 9.17) is 0 Å². The van der Waals surface area contributed by atoms with Gasteiger partial charge in [-0.15, -0.1) is 0 Å². The second-order valence-corrected chi connectivity index (χ2v) is 5.26. The van der Waals surface area contributed by atoms with Crippen molar-refractivity contribution in [2.24, 2.45) is 0 Å². The molecule has 0 aliphatic carbocycles. The molecule has 0 spiro atoms. The van der Waals surface area contributed by atoms with Gasteiger partial charge in [0.05, 0.1) is 6.33 Å². The summed E-state index contributed by atoms with van der Waals surface area (Å²) < 4.78 is 2.30. The average Bonchev–Trinajstić information content (AvgIpc) is 2.83. The molecule has 1 aromatic rings. The molecule has 2 heterocycles. The summed E-state index contributed by atoms with van der Waals surface area (Å²) >= 11 is 0. The zero-order chi connectivity index (χ0) is 11.6. The molecule has 4 nitrogen and oxygen atoms in total. The fourth-order valence-corrected chi connectivity index (χ4v) is 2.34. The van der Waals surface area contributed by atoms with E-state index in [1.165, 1.54) is 12.1 Å². The topological polar surface area (TPSA) is 33.1 Å². The van der Waals surface area contributed by atoms with E-state index in [-0.39, 0.29) is 5.41 Å².